The number of hydrogen-bond acceptors (Lipinski definition) is 0. The largest absolute Gasteiger partial charge is 0.208 e. The maximum Gasteiger partial charge on any atom is 0.206 e. The number of aryl methyl sites for hydroxylation is 1. The predicted molar refractivity (Wildman–Crippen MR) is 64.3 cm³/mol. The minimum absolute atomic E-state index is 0.467. The zero-order chi connectivity index (χ0) is 10.7. The molecule has 0 saturated heterocycles. The number of hydrogen-bond donors (Lipinski definition) is 1. The predicted octanol–water partition coefficient (Wildman–Crippen LogP) is 1.91. The normalized spacial score (nSPS) is 22.3. The van der Waals surface area contributed by atoms with Crippen molar-refractivity contribution in [1.29, 1.82) is 0 Å². The van der Waals surface area contributed by atoms with Crippen LogP contribution in [0.1, 0.15) is 12.5 Å². The van der Waals surface area contributed by atoms with Gasteiger partial charge < -0.3 is 0 Å². The van der Waals surface area contributed by atoms with Gasteiger partial charge in [-0.05, 0) is 13.8 Å². The maximum absolute atomic E-state index is 3.48. The molecule has 1 aliphatic rings. The maximum atomic E-state index is 3.48. The number of allylic oxidation sites excluding steroid dienone is 4. The van der Waals surface area contributed by atoms with E-state index >= 15 is 0 Å². The first kappa shape index (κ1) is 9.91. The molecule has 0 saturated carbocycles. The molecule has 1 heteroatoms. The van der Waals surface area contributed by atoms with Gasteiger partial charge in [0.15, 0.2) is 5.71 Å². The van der Waals surface area contributed by atoms with Crippen LogP contribution in [0, 0.1) is 12.8 Å². The van der Waals surface area contributed by atoms with Gasteiger partial charge in [0.2, 0.25) is 5.69 Å². The summed E-state index contributed by atoms with van der Waals surface area (Å²) in [6.07, 6.45) is 8.49. The highest BCUT2D eigenvalue weighted by molar-refractivity contribution is 5.95. The van der Waals surface area contributed by atoms with Crippen molar-refractivity contribution in [2.24, 2.45) is 5.92 Å². The fraction of sp³-hybridized carbons (Fsp3) is 0.214. The van der Waals surface area contributed by atoms with Crippen LogP contribution in [-0.2, 0) is 0 Å². The molecular weight excluding hydrogens is 182 g/mol. The smallest absolute Gasteiger partial charge is 0.206 e. The Morgan fingerprint density at radius 1 is 1.13 bits per heavy atom. The molecule has 0 radical (unpaired) electrons. The highest BCUT2D eigenvalue weighted by Crippen LogP contribution is 2.08. The van der Waals surface area contributed by atoms with Gasteiger partial charge >= 0.3 is 0 Å². The number of rotatable bonds is 1. The first-order chi connectivity index (χ1) is 7.27. The van der Waals surface area contributed by atoms with Crippen LogP contribution in [0.15, 0.2) is 48.6 Å². The fourth-order valence-electron chi connectivity index (χ4n) is 1.67. The molecule has 0 bridgehead atoms. The van der Waals surface area contributed by atoms with E-state index in [9.17, 15) is 0 Å². The summed E-state index contributed by atoms with van der Waals surface area (Å²) in [6, 6.07) is 8.35. The van der Waals surface area contributed by atoms with Gasteiger partial charge in [-0.2, -0.15) is 0 Å². The molecule has 1 atom stereocenters. The molecule has 0 amide bonds. The van der Waals surface area contributed by atoms with Crippen LogP contribution in [0.25, 0.3) is 0 Å². The third-order valence-corrected chi connectivity index (χ3v) is 2.70. The zero-order valence-corrected chi connectivity index (χ0v) is 9.20. The van der Waals surface area contributed by atoms with Gasteiger partial charge in [0.1, 0.15) is 0 Å². The van der Waals surface area contributed by atoms with Crippen LogP contribution in [0.2, 0.25) is 0 Å². The van der Waals surface area contributed by atoms with Gasteiger partial charge in [-0.1, -0.05) is 36.4 Å². The van der Waals surface area contributed by atoms with Crippen LogP contribution >= 0.6 is 0 Å². The minimum Gasteiger partial charge on any atom is -0.208 e. The van der Waals surface area contributed by atoms with E-state index in [-0.39, 0.29) is 0 Å². The molecule has 76 valence electrons. The van der Waals surface area contributed by atoms with Gasteiger partial charge in [-0.3, -0.25) is 0 Å². The lowest BCUT2D eigenvalue weighted by Gasteiger charge is -2.04. The number of nitrogens with one attached hydrogen (secondary N) is 1. The molecule has 0 aliphatic heterocycles. The van der Waals surface area contributed by atoms with E-state index in [1.165, 1.54) is 17.0 Å². The summed E-state index contributed by atoms with van der Waals surface area (Å²) >= 11 is 0. The van der Waals surface area contributed by atoms with E-state index < -0.39 is 0 Å². The van der Waals surface area contributed by atoms with Crippen LogP contribution in [0.5, 0.6) is 0 Å². The van der Waals surface area contributed by atoms with Crippen LogP contribution in [-0.4, -0.2) is 5.71 Å². The first-order valence-electron chi connectivity index (χ1n) is 5.32. The van der Waals surface area contributed by atoms with Gasteiger partial charge in [0.05, 0.1) is 5.92 Å². The van der Waals surface area contributed by atoms with Gasteiger partial charge in [0, 0.05) is 17.7 Å². The molecule has 0 heterocycles. The monoisotopic (exact) mass is 198 g/mol. The number of para-hydroxylation sites is 1. The average Bonchev–Trinajstić information content (AvgIpc) is 2.24. The fourth-order valence-corrected chi connectivity index (χ4v) is 1.67. The Kier molecular flexibility index (Phi) is 2.82. The molecule has 0 aromatic heterocycles. The van der Waals surface area contributed by atoms with Crippen LogP contribution in [0.4, 0.5) is 5.69 Å². The molecule has 1 aromatic rings. The molecule has 15 heavy (non-hydrogen) atoms. The summed E-state index contributed by atoms with van der Waals surface area (Å²) in [7, 11) is 0. The third-order valence-electron chi connectivity index (χ3n) is 2.70. The van der Waals surface area contributed by atoms with E-state index in [1.54, 1.807) is 0 Å². The second-order valence-electron chi connectivity index (χ2n) is 3.93. The second-order valence-corrected chi connectivity index (χ2v) is 3.93. The summed E-state index contributed by atoms with van der Waals surface area (Å²) < 4.78 is 0. The Morgan fingerprint density at radius 3 is 2.67 bits per heavy atom. The van der Waals surface area contributed by atoms with Crippen molar-refractivity contribution in [2.45, 2.75) is 13.8 Å². The highest BCUT2D eigenvalue weighted by Gasteiger charge is 2.13. The SMILES string of the molecule is Cc1ccccc1[NH+]=C1C=CC=CC1C. The Balaban J connectivity index is 2.34. The van der Waals surface area contributed by atoms with Crippen molar-refractivity contribution in [3.05, 3.63) is 54.1 Å². The summed E-state index contributed by atoms with van der Waals surface area (Å²) in [5.74, 6) is 0.467. The molecule has 0 fully saturated rings. The van der Waals surface area contributed by atoms with E-state index in [1.807, 2.05) is 0 Å². The Hall–Kier alpha value is -1.63. The van der Waals surface area contributed by atoms with Crippen molar-refractivity contribution in [1.82, 2.24) is 0 Å². The van der Waals surface area contributed by atoms with Gasteiger partial charge in [-0.15, -0.1) is 0 Å². The Morgan fingerprint density at radius 2 is 1.93 bits per heavy atom. The van der Waals surface area contributed by atoms with E-state index in [2.05, 4.69) is 67.4 Å². The lowest BCUT2D eigenvalue weighted by atomic mass is 10.0. The van der Waals surface area contributed by atoms with Crippen LogP contribution in [0.3, 0.4) is 0 Å². The van der Waals surface area contributed by atoms with E-state index in [0.29, 0.717) is 5.92 Å². The van der Waals surface area contributed by atoms with Crippen molar-refractivity contribution in [2.75, 3.05) is 0 Å². The molecular formula is C14H16N+. The van der Waals surface area contributed by atoms with Crippen LogP contribution < -0.4 is 4.99 Å². The summed E-state index contributed by atoms with van der Waals surface area (Å²) in [5, 5.41) is 0. The van der Waals surface area contributed by atoms with Crippen molar-refractivity contribution >= 4 is 11.4 Å². The summed E-state index contributed by atoms with van der Waals surface area (Å²) in [4.78, 5) is 3.48. The lowest BCUT2D eigenvalue weighted by molar-refractivity contribution is -0.356. The molecule has 1 unspecified atom stereocenters. The third kappa shape index (κ3) is 2.24. The number of benzene rings is 1. The van der Waals surface area contributed by atoms with Gasteiger partial charge in [0.25, 0.3) is 0 Å². The standard InChI is InChI=1S/C14H15N/c1-11-7-3-5-9-13(11)15-14-10-6-4-8-12(14)2/h3-11H,1-2H3/p+1. The van der Waals surface area contributed by atoms with Gasteiger partial charge in [-0.25, -0.2) is 4.99 Å². The topological polar surface area (TPSA) is 14.0 Å². The highest BCUT2D eigenvalue weighted by atomic mass is 14.8. The average molecular weight is 198 g/mol. The Labute approximate surface area is 90.9 Å². The van der Waals surface area contributed by atoms with Crippen molar-refractivity contribution in [3.63, 3.8) is 0 Å². The van der Waals surface area contributed by atoms with Crippen molar-refractivity contribution < 1.29 is 4.99 Å². The van der Waals surface area contributed by atoms with E-state index in [4.69, 9.17) is 0 Å². The first-order valence-corrected chi connectivity index (χ1v) is 5.32. The summed E-state index contributed by atoms with van der Waals surface area (Å²) in [6.45, 7) is 4.32. The Bertz CT molecular complexity index is 438. The summed E-state index contributed by atoms with van der Waals surface area (Å²) in [5.41, 5.74) is 3.73. The zero-order valence-electron chi connectivity index (χ0n) is 9.20. The molecule has 1 N–H and O–H groups in total. The molecule has 0 spiro atoms. The lowest BCUT2D eigenvalue weighted by Crippen LogP contribution is -2.67. The minimum atomic E-state index is 0.467. The molecule has 1 nitrogen and oxygen atoms in total. The molecule has 2 rings (SSSR count). The molecule has 1 aromatic carbocycles. The quantitative estimate of drug-likeness (QED) is 0.708. The van der Waals surface area contributed by atoms with E-state index in [0.717, 1.165) is 0 Å². The second kappa shape index (κ2) is 4.26. The molecule has 1 aliphatic carbocycles. The van der Waals surface area contributed by atoms with Crippen molar-refractivity contribution in [3.8, 4) is 0 Å².